The Morgan fingerprint density at radius 3 is 2.71 bits per heavy atom. The third-order valence-corrected chi connectivity index (χ3v) is 6.97. The molecule has 7 heteroatoms. The van der Waals surface area contributed by atoms with E-state index in [0.717, 1.165) is 32.2 Å². The predicted octanol–water partition coefficient (Wildman–Crippen LogP) is 5.50. The molecule has 0 N–H and O–H groups in total. The molecule has 0 fully saturated rings. The standard InChI is InChI=1S/C24H26N4OS2/c1-4-30-20-8-6-19(7-9-20)16-22(29)28(13-12-27-11-5-10-25-27)24-26-23-18(3)14-17(2)15-21(23)31-24/h5-11,14-15H,4,12-13,16H2,1-3H3. The highest BCUT2D eigenvalue weighted by atomic mass is 32.2. The Morgan fingerprint density at radius 2 is 2.00 bits per heavy atom. The Kier molecular flexibility index (Phi) is 6.73. The molecule has 0 radical (unpaired) electrons. The molecule has 160 valence electrons. The second-order valence-electron chi connectivity index (χ2n) is 7.49. The van der Waals surface area contributed by atoms with Gasteiger partial charge in [0.15, 0.2) is 5.13 Å². The van der Waals surface area contributed by atoms with Crippen LogP contribution in [0.1, 0.15) is 23.6 Å². The number of carbonyl (C=O) groups is 1. The van der Waals surface area contributed by atoms with Gasteiger partial charge in [0, 0.05) is 23.8 Å². The molecule has 0 spiro atoms. The van der Waals surface area contributed by atoms with Crippen LogP contribution in [0.15, 0.2) is 59.8 Å². The van der Waals surface area contributed by atoms with Crippen molar-refractivity contribution >= 4 is 44.4 Å². The summed E-state index contributed by atoms with van der Waals surface area (Å²) in [4.78, 5) is 21.3. The van der Waals surface area contributed by atoms with Crippen LogP contribution >= 0.6 is 23.1 Å². The van der Waals surface area contributed by atoms with Crippen molar-refractivity contribution in [2.24, 2.45) is 0 Å². The van der Waals surface area contributed by atoms with E-state index in [1.165, 1.54) is 10.5 Å². The molecule has 0 atom stereocenters. The first-order chi connectivity index (χ1) is 15.0. The van der Waals surface area contributed by atoms with Crippen LogP contribution in [0.25, 0.3) is 10.2 Å². The van der Waals surface area contributed by atoms with Crippen LogP contribution in [-0.2, 0) is 17.8 Å². The van der Waals surface area contributed by atoms with Crippen LogP contribution in [0.2, 0.25) is 0 Å². The monoisotopic (exact) mass is 450 g/mol. The zero-order valence-corrected chi connectivity index (χ0v) is 19.7. The van der Waals surface area contributed by atoms with Gasteiger partial charge in [-0.1, -0.05) is 36.5 Å². The molecule has 0 saturated heterocycles. The molecule has 0 aliphatic heterocycles. The normalized spacial score (nSPS) is 11.2. The van der Waals surface area contributed by atoms with E-state index in [2.05, 4.69) is 50.1 Å². The number of thiazole rings is 1. The van der Waals surface area contributed by atoms with Gasteiger partial charge in [0.25, 0.3) is 0 Å². The number of benzene rings is 2. The van der Waals surface area contributed by atoms with Gasteiger partial charge < -0.3 is 0 Å². The van der Waals surface area contributed by atoms with Crippen LogP contribution in [-0.4, -0.2) is 33.0 Å². The van der Waals surface area contributed by atoms with Gasteiger partial charge in [0.2, 0.25) is 5.91 Å². The largest absolute Gasteiger partial charge is 0.286 e. The fourth-order valence-electron chi connectivity index (χ4n) is 3.58. The molecular formula is C24H26N4OS2. The van der Waals surface area contributed by atoms with E-state index in [0.29, 0.717) is 19.5 Å². The van der Waals surface area contributed by atoms with Gasteiger partial charge >= 0.3 is 0 Å². The lowest BCUT2D eigenvalue weighted by Crippen LogP contribution is -2.35. The first kappa shape index (κ1) is 21.6. The van der Waals surface area contributed by atoms with E-state index < -0.39 is 0 Å². The summed E-state index contributed by atoms with van der Waals surface area (Å²) in [7, 11) is 0. The van der Waals surface area contributed by atoms with Crippen molar-refractivity contribution in [2.75, 3.05) is 17.2 Å². The Labute approximate surface area is 191 Å². The summed E-state index contributed by atoms with van der Waals surface area (Å²) in [6.07, 6.45) is 4.02. The van der Waals surface area contributed by atoms with Crippen LogP contribution < -0.4 is 4.90 Å². The van der Waals surface area contributed by atoms with Gasteiger partial charge in [0.05, 0.1) is 23.2 Å². The molecule has 5 nitrogen and oxygen atoms in total. The third kappa shape index (κ3) is 5.17. The number of anilines is 1. The number of fused-ring (bicyclic) bond motifs is 1. The molecule has 2 heterocycles. The van der Waals surface area contributed by atoms with E-state index in [9.17, 15) is 4.79 Å². The van der Waals surface area contributed by atoms with Crippen molar-refractivity contribution < 1.29 is 4.79 Å². The van der Waals surface area contributed by atoms with E-state index in [1.54, 1.807) is 29.3 Å². The minimum absolute atomic E-state index is 0.0523. The van der Waals surface area contributed by atoms with Crippen molar-refractivity contribution in [3.05, 3.63) is 71.5 Å². The van der Waals surface area contributed by atoms with Gasteiger partial charge in [-0.05, 0) is 60.6 Å². The number of hydrogen-bond donors (Lipinski definition) is 0. The van der Waals surface area contributed by atoms with Crippen molar-refractivity contribution in [3.63, 3.8) is 0 Å². The quantitative estimate of drug-likeness (QED) is 0.333. The highest BCUT2D eigenvalue weighted by Crippen LogP contribution is 2.32. The topological polar surface area (TPSA) is 51.0 Å². The van der Waals surface area contributed by atoms with Crippen molar-refractivity contribution in [2.45, 2.75) is 38.6 Å². The minimum atomic E-state index is 0.0523. The Morgan fingerprint density at radius 1 is 1.19 bits per heavy atom. The summed E-state index contributed by atoms with van der Waals surface area (Å²) >= 11 is 3.38. The molecule has 0 aliphatic carbocycles. The Hall–Kier alpha value is -2.64. The van der Waals surface area contributed by atoms with Gasteiger partial charge in [-0.3, -0.25) is 14.4 Å². The molecule has 1 amide bonds. The zero-order chi connectivity index (χ0) is 21.8. The number of aryl methyl sites for hydroxylation is 2. The summed E-state index contributed by atoms with van der Waals surface area (Å²) in [5, 5.41) is 5.03. The maximum absolute atomic E-state index is 13.4. The van der Waals surface area contributed by atoms with Crippen LogP contribution in [0.5, 0.6) is 0 Å². The molecule has 0 bridgehead atoms. The van der Waals surface area contributed by atoms with Crippen molar-refractivity contribution in [1.82, 2.24) is 14.8 Å². The predicted molar refractivity (Wildman–Crippen MR) is 130 cm³/mol. The molecule has 0 saturated carbocycles. The summed E-state index contributed by atoms with van der Waals surface area (Å²) in [5.74, 6) is 1.09. The molecule has 0 aliphatic rings. The maximum atomic E-state index is 13.4. The summed E-state index contributed by atoms with van der Waals surface area (Å²) in [6.45, 7) is 7.46. The van der Waals surface area contributed by atoms with E-state index in [4.69, 9.17) is 4.98 Å². The number of carbonyl (C=O) groups excluding carboxylic acids is 1. The molecule has 2 aromatic heterocycles. The molecule has 4 aromatic rings. The summed E-state index contributed by atoms with van der Waals surface area (Å²) < 4.78 is 2.96. The number of nitrogens with zero attached hydrogens (tertiary/aromatic N) is 4. The third-order valence-electron chi connectivity index (χ3n) is 5.05. The number of rotatable bonds is 8. The summed E-state index contributed by atoms with van der Waals surface area (Å²) in [6, 6.07) is 14.5. The lowest BCUT2D eigenvalue weighted by Gasteiger charge is -2.20. The van der Waals surface area contributed by atoms with Crippen molar-refractivity contribution in [3.8, 4) is 0 Å². The van der Waals surface area contributed by atoms with Crippen LogP contribution in [0, 0.1) is 13.8 Å². The van der Waals surface area contributed by atoms with Crippen LogP contribution in [0.4, 0.5) is 5.13 Å². The average molecular weight is 451 g/mol. The second-order valence-corrected chi connectivity index (χ2v) is 9.84. The Bertz CT molecular complexity index is 1170. The lowest BCUT2D eigenvalue weighted by molar-refractivity contribution is -0.118. The first-order valence-corrected chi connectivity index (χ1v) is 12.2. The number of thioether (sulfide) groups is 1. The SMILES string of the molecule is CCSc1ccc(CC(=O)N(CCn2cccn2)c2nc3c(C)cc(C)cc3s2)cc1. The summed E-state index contributed by atoms with van der Waals surface area (Å²) in [5.41, 5.74) is 4.34. The minimum Gasteiger partial charge on any atom is -0.286 e. The molecule has 0 unspecified atom stereocenters. The zero-order valence-electron chi connectivity index (χ0n) is 18.0. The van der Waals surface area contributed by atoms with Crippen LogP contribution in [0.3, 0.4) is 0 Å². The first-order valence-electron chi connectivity index (χ1n) is 10.4. The van der Waals surface area contributed by atoms with E-state index in [-0.39, 0.29) is 5.91 Å². The van der Waals surface area contributed by atoms with Gasteiger partial charge in [-0.15, -0.1) is 11.8 Å². The molecular weight excluding hydrogens is 424 g/mol. The molecule has 4 rings (SSSR count). The lowest BCUT2D eigenvalue weighted by atomic mass is 10.1. The Balaban J connectivity index is 1.60. The maximum Gasteiger partial charge on any atom is 0.233 e. The van der Waals surface area contributed by atoms with Gasteiger partial charge in [0.1, 0.15) is 0 Å². The fraction of sp³-hybridized carbons (Fsp3) is 0.292. The number of aromatic nitrogens is 3. The molecule has 31 heavy (non-hydrogen) atoms. The number of hydrogen-bond acceptors (Lipinski definition) is 5. The fourth-order valence-corrected chi connectivity index (χ4v) is 5.42. The average Bonchev–Trinajstić information content (AvgIpc) is 3.40. The highest BCUT2D eigenvalue weighted by Gasteiger charge is 2.21. The van der Waals surface area contributed by atoms with Gasteiger partial charge in [-0.2, -0.15) is 5.10 Å². The highest BCUT2D eigenvalue weighted by molar-refractivity contribution is 7.99. The van der Waals surface area contributed by atoms with Gasteiger partial charge in [-0.25, -0.2) is 4.98 Å². The smallest absolute Gasteiger partial charge is 0.233 e. The van der Waals surface area contributed by atoms with Crippen molar-refractivity contribution in [1.29, 1.82) is 0 Å². The second kappa shape index (κ2) is 9.66. The van der Waals surface area contributed by atoms with E-state index >= 15 is 0 Å². The molecule has 2 aromatic carbocycles. The van der Waals surface area contributed by atoms with E-state index in [1.807, 2.05) is 34.0 Å². The number of amides is 1.